The lowest BCUT2D eigenvalue weighted by Gasteiger charge is -2.27. The van der Waals surface area contributed by atoms with Gasteiger partial charge in [0, 0.05) is 23.7 Å². The predicted octanol–water partition coefficient (Wildman–Crippen LogP) is 3.29. The lowest BCUT2D eigenvalue weighted by Crippen LogP contribution is -2.32. The summed E-state index contributed by atoms with van der Waals surface area (Å²) in [5.74, 6) is 0.811. The van der Waals surface area contributed by atoms with Crippen LogP contribution in [0.3, 0.4) is 0 Å². The third-order valence-electron chi connectivity index (χ3n) is 4.39. The van der Waals surface area contributed by atoms with Gasteiger partial charge in [0.2, 0.25) is 5.91 Å². The zero-order valence-electron chi connectivity index (χ0n) is 13.5. The Morgan fingerprint density at radius 3 is 2.70 bits per heavy atom. The molecule has 1 unspecified atom stereocenters. The van der Waals surface area contributed by atoms with Crippen LogP contribution in [0.5, 0.6) is 0 Å². The maximum atomic E-state index is 12.1. The fraction of sp³-hybridized carbons (Fsp3) is 0.562. The van der Waals surface area contributed by atoms with Crippen LogP contribution in [0.1, 0.15) is 31.7 Å². The highest BCUT2D eigenvalue weighted by Crippen LogP contribution is 2.26. The van der Waals surface area contributed by atoms with E-state index in [1.165, 1.54) is 6.07 Å². The molecule has 0 bridgehead atoms. The van der Waals surface area contributed by atoms with Crippen molar-refractivity contribution in [2.24, 2.45) is 11.8 Å². The first-order valence-corrected chi connectivity index (χ1v) is 7.73. The monoisotopic (exact) mass is 341 g/mol. The minimum Gasteiger partial charge on any atom is -0.326 e. The maximum absolute atomic E-state index is 12.1. The molecule has 1 atom stereocenters. The van der Waals surface area contributed by atoms with E-state index in [-0.39, 0.29) is 24.0 Å². The molecule has 0 spiro atoms. The molecule has 1 heterocycles. The molecule has 1 aromatic carbocycles. The number of nitro groups is 1. The molecule has 2 rings (SSSR count). The minimum absolute atomic E-state index is 0. The first-order valence-electron chi connectivity index (χ1n) is 7.73. The molecule has 6 nitrogen and oxygen atoms in total. The van der Waals surface area contributed by atoms with Crippen LogP contribution >= 0.6 is 12.4 Å². The van der Waals surface area contributed by atoms with E-state index in [9.17, 15) is 14.9 Å². The molecule has 128 valence electrons. The van der Waals surface area contributed by atoms with Crippen molar-refractivity contribution in [3.8, 4) is 0 Å². The van der Waals surface area contributed by atoms with Gasteiger partial charge in [-0.1, -0.05) is 13.0 Å². The highest BCUT2D eigenvalue weighted by molar-refractivity contribution is 5.91. The molecule has 1 aliphatic rings. The summed E-state index contributed by atoms with van der Waals surface area (Å²) in [5.41, 5.74) is 1.11. The highest BCUT2D eigenvalue weighted by Gasteiger charge is 2.22. The van der Waals surface area contributed by atoms with Crippen molar-refractivity contribution in [1.29, 1.82) is 0 Å². The third kappa shape index (κ3) is 5.48. The summed E-state index contributed by atoms with van der Waals surface area (Å²) in [4.78, 5) is 22.6. The number of rotatable bonds is 5. The number of anilines is 1. The van der Waals surface area contributed by atoms with Crippen LogP contribution in [0.4, 0.5) is 11.4 Å². The van der Waals surface area contributed by atoms with Crippen molar-refractivity contribution in [3.05, 3.63) is 33.9 Å². The highest BCUT2D eigenvalue weighted by atomic mass is 35.5. The van der Waals surface area contributed by atoms with E-state index >= 15 is 0 Å². The standard InChI is InChI=1S/C16H23N3O3.ClH/c1-11-3-4-14(10-15(11)19(21)22)18-16(20)9-12(2)13-5-7-17-8-6-13;/h3-4,10,12-13,17H,5-9H2,1-2H3,(H,18,20);1H. The SMILES string of the molecule is Cc1ccc(NC(=O)CC(C)C2CCNCC2)cc1[N+](=O)[O-].Cl. The fourth-order valence-electron chi connectivity index (χ4n) is 2.97. The number of piperidine rings is 1. The van der Waals surface area contributed by atoms with Crippen LogP contribution in [0.15, 0.2) is 18.2 Å². The van der Waals surface area contributed by atoms with Gasteiger partial charge in [-0.3, -0.25) is 14.9 Å². The number of benzene rings is 1. The van der Waals surface area contributed by atoms with Crippen molar-refractivity contribution < 1.29 is 9.72 Å². The minimum atomic E-state index is -0.428. The smallest absolute Gasteiger partial charge is 0.274 e. The molecule has 1 aliphatic heterocycles. The van der Waals surface area contributed by atoms with E-state index in [1.54, 1.807) is 19.1 Å². The molecule has 0 aliphatic carbocycles. The van der Waals surface area contributed by atoms with Gasteiger partial charge in [0.1, 0.15) is 0 Å². The van der Waals surface area contributed by atoms with E-state index in [1.807, 2.05) is 0 Å². The number of hydrogen-bond acceptors (Lipinski definition) is 4. The van der Waals surface area contributed by atoms with Crippen LogP contribution in [0.25, 0.3) is 0 Å². The Kier molecular flexibility index (Phi) is 7.45. The predicted molar refractivity (Wildman–Crippen MR) is 93.1 cm³/mol. The van der Waals surface area contributed by atoms with E-state index < -0.39 is 4.92 Å². The summed E-state index contributed by atoms with van der Waals surface area (Å²) in [7, 11) is 0. The average Bonchev–Trinajstić information content (AvgIpc) is 2.49. The van der Waals surface area contributed by atoms with E-state index in [0.29, 0.717) is 29.5 Å². The van der Waals surface area contributed by atoms with Crippen molar-refractivity contribution in [1.82, 2.24) is 5.32 Å². The van der Waals surface area contributed by atoms with Crippen LogP contribution in [0, 0.1) is 28.9 Å². The van der Waals surface area contributed by atoms with E-state index in [0.717, 1.165) is 25.9 Å². The molecule has 7 heteroatoms. The Labute approximate surface area is 142 Å². The second-order valence-electron chi connectivity index (χ2n) is 6.08. The molecule has 0 aromatic heterocycles. The molecule has 0 radical (unpaired) electrons. The first kappa shape index (κ1) is 19.4. The van der Waals surface area contributed by atoms with Crippen LogP contribution < -0.4 is 10.6 Å². The van der Waals surface area contributed by atoms with Crippen molar-refractivity contribution in [2.75, 3.05) is 18.4 Å². The van der Waals surface area contributed by atoms with Gasteiger partial charge in [0.05, 0.1) is 4.92 Å². The Balaban J connectivity index is 0.00000264. The molecule has 1 saturated heterocycles. The van der Waals surface area contributed by atoms with Gasteiger partial charge in [0.25, 0.3) is 5.69 Å². The summed E-state index contributed by atoms with van der Waals surface area (Å²) < 4.78 is 0. The summed E-state index contributed by atoms with van der Waals surface area (Å²) in [5, 5.41) is 17.0. The lowest BCUT2D eigenvalue weighted by molar-refractivity contribution is -0.385. The Hall–Kier alpha value is -1.66. The Morgan fingerprint density at radius 2 is 2.09 bits per heavy atom. The van der Waals surface area contributed by atoms with Gasteiger partial charge in [0.15, 0.2) is 0 Å². The topological polar surface area (TPSA) is 84.3 Å². The largest absolute Gasteiger partial charge is 0.326 e. The van der Waals surface area contributed by atoms with Crippen LogP contribution in [-0.2, 0) is 4.79 Å². The summed E-state index contributed by atoms with van der Waals surface area (Å²) in [6.07, 6.45) is 2.65. The zero-order chi connectivity index (χ0) is 16.1. The first-order chi connectivity index (χ1) is 10.5. The molecular formula is C16H24ClN3O3. The molecule has 1 fully saturated rings. The number of hydrogen-bond donors (Lipinski definition) is 2. The Morgan fingerprint density at radius 1 is 1.43 bits per heavy atom. The summed E-state index contributed by atoms with van der Waals surface area (Å²) in [6, 6.07) is 4.78. The van der Waals surface area contributed by atoms with E-state index in [2.05, 4.69) is 17.6 Å². The van der Waals surface area contributed by atoms with E-state index in [4.69, 9.17) is 0 Å². The average molecular weight is 342 g/mol. The third-order valence-corrected chi connectivity index (χ3v) is 4.39. The fourth-order valence-corrected chi connectivity index (χ4v) is 2.97. The van der Waals surface area contributed by atoms with Gasteiger partial charge in [-0.15, -0.1) is 12.4 Å². The van der Waals surface area contributed by atoms with Crippen molar-refractivity contribution in [3.63, 3.8) is 0 Å². The molecular weight excluding hydrogens is 318 g/mol. The number of aryl methyl sites for hydroxylation is 1. The molecule has 1 aromatic rings. The number of nitrogens with one attached hydrogen (secondary N) is 2. The van der Waals surface area contributed by atoms with Crippen molar-refractivity contribution >= 4 is 29.7 Å². The summed E-state index contributed by atoms with van der Waals surface area (Å²) >= 11 is 0. The van der Waals surface area contributed by atoms with Gasteiger partial charge in [-0.05, 0) is 50.8 Å². The van der Waals surface area contributed by atoms with Gasteiger partial charge < -0.3 is 10.6 Å². The second-order valence-corrected chi connectivity index (χ2v) is 6.08. The van der Waals surface area contributed by atoms with Gasteiger partial charge >= 0.3 is 0 Å². The molecule has 23 heavy (non-hydrogen) atoms. The number of halogens is 1. The molecule has 1 amide bonds. The number of nitrogens with zero attached hydrogens (tertiary/aromatic N) is 1. The van der Waals surface area contributed by atoms with Crippen molar-refractivity contribution in [2.45, 2.75) is 33.1 Å². The van der Waals surface area contributed by atoms with Crippen LogP contribution in [-0.4, -0.2) is 23.9 Å². The summed E-state index contributed by atoms with van der Waals surface area (Å²) in [6.45, 7) is 5.82. The molecule has 2 N–H and O–H groups in total. The van der Waals surface area contributed by atoms with Gasteiger partial charge in [-0.25, -0.2) is 0 Å². The molecule has 0 saturated carbocycles. The quantitative estimate of drug-likeness (QED) is 0.635. The van der Waals surface area contributed by atoms with Gasteiger partial charge in [-0.2, -0.15) is 0 Å². The lowest BCUT2D eigenvalue weighted by atomic mass is 9.84. The Bertz CT molecular complexity index is 560. The maximum Gasteiger partial charge on any atom is 0.274 e. The number of amides is 1. The number of carbonyl (C=O) groups is 1. The van der Waals surface area contributed by atoms with Crippen LogP contribution in [0.2, 0.25) is 0 Å². The number of nitro benzene ring substituents is 1. The normalized spacial score (nSPS) is 16.3. The number of carbonyl (C=O) groups excluding carboxylic acids is 1. The zero-order valence-corrected chi connectivity index (χ0v) is 14.3. The second kappa shape index (κ2) is 8.84.